The van der Waals surface area contributed by atoms with Gasteiger partial charge in [0, 0.05) is 15.8 Å². The minimum absolute atomic E-state index is 0.227. The van der Waals surface area contributed by atoms with Gasteiger partial charge in [0.05, 0.1) is 18.7 Å². The summed E-state index contributed by atoms with van der Waals surface area (Å²) < 4.78 is 11.8. The Morgan fingerprint density at radius 1 is 1.15 bits per heavy atom. The van der Waals surface area contributed by atoms with E-state index in [9.17, 15) is 4.79 Å². The first kappa shape index (κ1) is 18.5. The fraction of sp³-hybridized carbons (Fsp3) is 0.250. The van der Waals surface area contributed by atoms with Crippen molar-refractivity contribution in [3.63, 3.8) is 0 Å². The average Bonchev–Trinajstić information content (AvgIpc) is 2.99. The number of hydrogen-bond donors (Lipinski definition) is 1. The van der Waals surface area contributed by atoms with Crippen LogP contribution in [0.25, 0.3) is 10.1 Å². The molecule has 0 aliphatic heterocycles. The van der Waals surface area contributed by atoms with Gasteiger partial charge in [-0.1, -0.05) is 24.9 Å². The van der Waals surface area contributed by atoms with E-state index in [1.807, 2.05) is 42.5 Å². The summed E-state index contributed by atoms with van der Waals surface area (Å²) in [4.78, 5) is 13.1. The van der Waals surface area contributed by atoms with Gasteiger partial charge >= 0.3 is 0 Å². The zero-order chi connectivity index (χ0) is 18.5. The molecule has 0 atom stereocenters. The Balaban J connectivity index is 1.73. The number of nitrogens with one attached hydrogen (secondary N) is 1. The molecule has 3 rings (SSSR count). The summed E-state index contributed by atoms with van der Waals surface area (Å²) >= 11 is 7.75. The lowest BCUT2D eigenvalue weighted by molar-refractivity contribution is 0.103. The molecule has 1 heterocycles. The predicted molar refractivity (Wildman–Crippen MR) is 108 cm³/mol. The van der Waals surface area contributed by atoms with Crippen LogP contribution in [0.2, 0.25) is 5.02 Å². The highest BCUT2D eigenvalue weighted by Crippen LogP contribution is 2.37. The Morgan fingerprint density at radius 3 is 2.58 bits per heavy atom. The van der Waals surface area contributed by atoms with Crippen LogP contribution in [0, 0.1) is 0 Å². The second-order valence-electron chi connectivity index (χ2n) is 5.79. The highest BCUT2D eigenvalue weighted by molar-refractivity contribution is 7.21. The second-order valence-corrected chi connectivity index (χ2v) is 7.22. The molecule has 3 aromatic rings. The van der Waals surface area contributed by atoms with Crippen molar-refractivity contribution in [2.75, 3.05) is 19.0 Å². The maximum Gasteiger partial charge on any atom is 0.267 e. The molecule has 1 N–H and O–H groups in total. The van der Waals surface area contributed by atoms with Gasteiger partial charge in [-0.15, -0.1) is 11.3 Å². The SMILES string of the molecule is CCCCOc1ccc(NC(=O)c2sc3cc(OC)ccc3c2Cl)cc1. The average molecular weight is 390 g/mol. The molecule has 6 heteroatoms. The molecule has 0 fully saturated rings. The van der Waals surface area contributed by atoms with Crippen LogP contribution in [0.5, 0.6) is 11.5 Å². The van der Waals surface area contributed by atoms with Gasteiger partial charge in [-0.25, -0.2) is 0 Å². The molecule has 0 saturated carbocycles. The topological polar surface area (TPSA) is 47.6 Å². The van der Waals surface area contributed by atoms with Gasteiger partial charge in [-0.05, 0) is 48.9 Å². The number of carbonyl (C=O) groups is 1. The van der Waals surface area contributed by atoms with E-state index in [1.54, 1.807) is 7.11 Å². The molecule has 136 valence electrons. The quantitative estimate of drug-likeness (QED) is 0.504. The van der Waals surface area contributed by atoms with Gasteiger partial charge in [-0.3, -0.25) is 4.79 Å². The molecule has 0 aliphatic carbocycles. The minimum atomic E-state index is -0.227. The van der Waals surface area contributed by atoms with E-state index in [0.29, 0.717) is 22.2 Å². The van der Waals surface area contributed by atoms with E-state index in [0.717, 1.165) is 34.4 Å². The van der Waals surface area contributed by atoms with Gasteiger partial charge in [0.25, 0.3) is 5.91 Å². The third kappa shape index (κ3) is 4.11. The first-order valence-corrected chi connectivity index (χ1v) is 9.62. The smallest absolute Gasteiger partial charge is 0.267 e. The van der Waals surface area contributed by atoms with E-state index in [4.69, 9.17) is 21.1 Å². The molecule has 0 bridgehead atoms. The zero-order valence-electron chi connectivity index (χ0n) is 14.7. The highest BCUT2D eigenvalue weighted by atomic mass is 35.5. The standard InChI is InChI=1S/C20H20ClNO3S/c1-3-4-11-25-14-7-5-13(6-8-14)22-20(23)19-18(21)16-10-9-15(24-2)12-17(16)26-19/h5-10,12H,3-4,11H2,1-2H3,(H,22,23). The Hall–Kier alpha value is -2.24. The van der Waals surface area contributed by atoms with Crippen molar-refractivity contribution in [3.05, 3.63) is 52.4 Å². The third-order valence-corrected chi connectivity index (χ3v) is 5.58. The number of benzene rings is 2. The molecular weight excluding hydrogens is 370 g/mol. The summed E-state index contributed by atoms with van der Waals surface area (Å²) in [6.45, 7) is 2.82. The molecule has 0 radical (unpaired) electrons. The summed E-state index contributed by atoms with van der Waals surface area (Å²) in [5, 5.41) is 4.20. The van der Waals surface area contributed by atoms with Crippen LogP contribution in [0.15, 0.2) is 42.5 Å². The number of halogens is 1. The summed E-state index contributed by atoms with van der Waals surface area (Å²) in [7, 11) is 1.61. The number of amides is 1. The van der Waals surface area contributed by atoms with Crippen LogP contribution in [0.1, 0.15) is 29.4 Å². The van der Waals surface area contributed by atoms with E-state index in [2.05, 4.69) is 12.2 Å². The van der Waals surface area contributed by atoms with Crippen molar-refractivity contribution in [1.29, 1.82) is 0 Å². The van der Waals surface area contributed by atoms with Gasteiger partial charge < -0.3 is 14.8 Å². The number of rotatable bonds is 7. The van der Waals surface area contributed by atoms with Gasteiger partial charge in [-0.2, -0.15) is 0 Å². The summed E-state index contributed by atoms with van der Waals surface area (Å²) in [5.74, 6) is 1.30. The number of methoxy groups -OCH3 is 1. The van der Waals surface area contributed by atoms with Crippen molar-refractivity contribution in [3.8, 4) is 11.5 Å². The molecule has 0 unspecified atom stereocenters. The minimum Gasteiger partial charge on any atom is -0.497 e. The molecule has 26 heavy (non-hydrogen) atoms. The van der Waals surface area contributed by atoms with Crippen LogP contribution in [0.3, 0.4) is 0 Å². The fourth-order valence-corrected chi connectivity index (χ4v) is 3.92. The van der Waals surface area contributed by atoms with E-state index in [-0.39, 0.29) is 5.91 Å². The van der Waals surface area contributed by atoms with E-state index < -0.39 is 0 Å². The first-order chi connectivity index (χ1) is 12.6. The lowest BCUT2D eigenvalue weighted by Crippen LogP contribution is -2.10. The molecule has 1 aromatic heterocycles. The molecular formula is C20H20ClNO3S. The fourth-order valence-electron chi connectivity index (χ4n) is 2.48. The summed E-state index contributed by atoms with van der Waals surface area (Å²) in [5.41, 5.74) is 0.698. The summed E-state index contributed by atoms with van der Waals surface area (Å²) in [6.07, 6.45) is 2.11. The third-order valence-electron chi connectivity index (χ3n) is 3.92. The Labute approximate surface area is 161 Å². The lowest BCUT2D eigenvalue weighted by Gasteiger charge is -2.07. The van der Waals surface area contributed by atoms with Crippen molar-refractivity contribution >= 4 is 44.6 Å². The Bertz CT molecular complexity index is 905. The molecule has 0 spiro atoms. The molecule has 4 nitrogen and oxygen atoms in total. The van der Waals surface area contributed by atoms with Crippen LogP contribution < -0.4 is 14.8 Å². The van der Waals surface area contributed by atoms with E-state index >= 15 is 0 Å². The highest BCUT2D eigenvalue weighted by Gasteiger charge is 2.17. The molecule has 0 aliphatic rings. The maximum absolute atomic E-state index is 12.6. The Kier molecular flexibility index (Phi) is 6.01. The number of ether oxygens (including phenoxy) is 2. The van der Waals surface area contributed by atoms with Crippen molar-refractivity contribution < 1.29 is 14.3 Å². The molecule has 0 saturated heterocycles. The number of carbonyl (C=O) groups excluding carboxylic acids is 1. The van der Waals surface area contributed by atoms with Crippen LogP contribution >= 0.6 is 22.9 Å². The zero-order valence-corrected chi connectivity index (χ0v) is 16.2. The number of unbranched alkanes of at least 4 members (excludes halogenated alkanes) is 1. The van der Waals surface area contributed by atoms with Gasteiger partial charge in [0.2, 0.25) is 0 Å². The van der Waals surface area contributed by atoms with Crippen LogP contribution in [-0.4, -0.2) is 19.6 Å². The summed E-state index contributed by atoms with van der Waals surface area (Å²) in [6, 6.07) is 12.9. The maximum atomic E-state index is 12.6. The molecule has 1 amide bonds. The van der Waals surface area contributed by atoms with Crippen molar-refractivity contribution in [2.45, 2.75) is 19.8 Å². The van der Waals surface area contributed by atoms with Gasteiger partial charge in [0.1, 0.15) is 16.4 Å². The number of thiophene rings is 1. The number of anilines is 1. The van der Waals surface area contributed by atoms with Crippen LogP contribution in [-0.2, 0) is 0 Å². The molecule has 2 aromatic carbocycles. The van der Waals surface area contributed by atoms with Crippen LogP contribution in [0.4, 0.5) is 5.69 Å². The second kappa shape index (κ2) is 8.43. The van der Waals surface area contributed by atoms with E-state index in [1.165, 1.54) is 11.3 Å². The lowest BCUT2D eigenvalue weighted by atomic mass is 10.2. The van der Waals surface area contributed by atoms with Crippen molar-refractivity contribution in [2.24, 2.45) is 0 Å². The number of fused-ring (bicyclic) bond motifs is 1. The number of hydrogen-bond acceptors (Lipinski definition) is 4. The first-order valence-electron chi connectivity index (χ1n) is 8.42. The largest absolute Gasteiger partial charge is 0.497 e. The predicted octanol–water partition coefficient (Wildman–Crippen LogP) is 5.99. The normalized spacial score (nSPS) is 10.7. The Morgan fingerprint density at radius 2 is 1.88 bits per heavy atom. The van der Waals surface area contributed by atoms with Gasteiger partial charge in [0.15, 0.2) is 0 Å². The van der Waals surface area contributed by atoms with Crippen molar-refractivity contribution in [1.82, 2.24) is 0 Å². The monoisotopic (exact) mass is 389 g/mol.